The van der Waals surface area contributed by atoms with Crippen LogP contribution in [0.3, 0.4) is 0 Å². The molecule has 0 aromatic heterocycles. The maximum atomic E-state index is 12.3. The number of morpholine rings is 1. The zero-order valence-electron chi connectivity index (χ0n) is 14.8. The van der Waals surface area contributed by atoms with E-state index in [1.807, 2.05) is 38.1 Å². The summed E-state index contributed by atoms with van der Waals surface area (Å²) >= 11 is 1.41. The molecule has 1 aromatic rings. The van der Waals surface area contributed by atoms with Crippen LogP contribution in [0.15, 0.2) is 28.1 Å². The normalized spacial score (nSPS) is 25.3. The molecule has 1 fully saturated rings. The van der Waals surface area contributed by atoms with Gasteiger partial charge in [-0.05, 0) is 49.4 Å². The number of amidine groups is 1. The standard InChI is InChI=1S/C18H22N2O4S/c1-11-9-20(10-12(2)24-11)18-19-17(21)16(25-18)8-13-5-6-14(22-3)15(7-13)23-4/h5-8,11-12H,9-10H2,1-4H3/b16-8-/t11-,12-/m1/s1. The molecule has 0 bridgehead atoms. The summed E-state index contributed by atoms with van der Waals surface area (Å²) < 4.78 is 16.3. The highest BCUT2D eigenvalue weighted by Gasteiger charge is 2.31. The molecule has 7 heteroatoms. The second kappa shape index (κ2) is 7.49. The lowest BCUT2D eigenvalue weighted by molar-refractivity contribution is -0.113. The molecule has 2 aliphatic rings. The van der Waals surface area contributed by atoms with E-state index in [2.05, 4.69) is 9.89 Å². The maximum absolute atomic E-state index is 12.3. The zero-order valence-corrected chi connectivity index (χ0v) is 15.6. The van der Waals surface area contributed by atoms with Gasteiger partial charge in [-0.15, -0.1) is 0 Å². The van der Waals surface area contributed by atoms with E-state index in [-0.39, 0.29) is 18.1 Å². The summed E-state index contributed by atoms with van der Waals surface area (Å²) in [6, 6.07) is 5.55. The van der Waals surface area contributed by atoms with Crippen molar-refractivity contribution in [1.82, 2.24) is 4.90 Å². The summed E-state index contributed by atoms with van der Waals surface area (Å²) in [4.78, 5) is 19.2. The molecular formula is C18H22N2O4S. The third-order valence-electron chi connectivity index (χ3n) is 4.00. The van der Waals surface area contributed by atoms with E-state index in [0.717, 1.165) is 23.8 Å². The molecule has 25 heavy (non-hydrogen) atoms. The number of amides is 1. The van der Waals surface area contributed by atoms with Crippen LogP contribution in [0.1, 0.15) is 19.4 Å². The minimum absolute atomic E-state index is 0.126. The van der Waals surface area contributed by atoms with Crippen LogP contribution in [0, 0.1) is 0 Å². The molecule has 1 aromatic carbocycles. The summed E-state index contributed by atoms with van der Waals surface area (Å²) in [6.07, 6.45) is 2.08. The Kier molecular flexibility index (Phi) is 5.34. The Morgan fingerprint density at radius 3 is 2.52 bits per heavy atom. The Balaban J connectivity index is 1.77. The van der Waals surface area contributed by atoms with Crippen molar-refractivity contribution in [3.8, 4) is 11.5 Å². The van der Waals surface area contributed by atoms with Crippen molar-refractivity contribution in [2.45, 2.75) is 26.1 Å². The Morgan fingerprint density at radius 1 is 1.20 bits per heavy atom. The molecule has 1 amide bonds. The van der Waals surface area contributed by atoms with Crippen LogP contribution in [-0.2, 0) is 9.53 Å². The molecular weight excluding hydrogens is 340 g/mol. The van der Waals surface area contributed by atoms with E-state index < -0.39 is 0 Å². The van der Waals surface area contributed by atoms with Gasteiger partial charge in [0, 0.05) is 13.1 Å². The van der Waals surface area contributed by atoms with Crippen molar-refractivity contribution in [1.29, 1.82) is 0 Å². The Labute approximate surface area is 151 Å². The van der Waals surface area contributed by atoms with E-state index >= 15 is 0 Å². The van der Waals surface area contributed by atoms with E-state index in [1.54, 1.807) is 14.2 Å². The largest absolute Gasteiger partial charge is 0.493 e. The molecule has 0 spiro atoms. The van der Waals surface area contributed by atoms with Crippen LogP contribution in [-0.4, -0.2) is 55.5 Å². The molecule has 0 N–H and O–H groups in total. The Hall–Kier alpha value is -1.99. The summed E-state index contributed by atoms with van der Waals surface area (Å²) in [5, 5.41) is 0.749. The SMILES string of the molecule is COc1ccc(/C=C2\SC(N3C[C@@H](C)O[C@H](C)C3)=NC2=O)cc1OC. The number of ether oxygens (including phenoxy) is 3. The van der Waals surface area contributed by atoms with Gasteiger partial charge in [-0.25, -0.2) is 0 Å². The van der Waals surface area contributed by atoms with Crippen LogP contribution in [0.25, 0.3) is 6.08 Å². The molecule has 1 saturated heterocycles. The third kappa shape index (κ3) is 3.99. The molecule has 2 heterocycles. The van der Waals surface area contributed by atoms with Crippen molar-refractivity contribution < 1.29 is 19.0 Å². The third-order valence-corrected chi connectivity index (χ3v) is 5.05. The summed E-state index contributed by atoms with van der Waals surface area (Å²) in [5.74, 6) is 1.08. The molecule has 6 nitrogen and oxygen atoms in total. The van der Waals surface area contributed by atoms with Crippen LogP contribution in [0.5, 0.6) is 11.5 Å². The summed E-state index contributed by atoms with van der Waals surface area (Å²) in [5.41, 5.74) is 0.869. The summed E-state index contributed by atoms with van der Waals surface area (Å²) in [6.45, 7) is 5.55. The monoisotopic (exact) mass is 362 g/mol. The smallest absolute Gasteiger partial charge is 0.286 e. The fourth-order valence-electron chi connectivity index (χ4n) is 2.96. The number of carbonyl (C=O) groups excluding carboxylic acids is 1. The minimum Gasteiger partial charge on any atom is -0.493 e. The quantitative estimate of drug-likeness (QED) is 0.771. The van der Waals surface area contributed by atoms with Crippen molar-refractivity contribution in [3.63, 3.8) is 0 Å². The molecule has 2 aliphatic heterocycles. The van der Waals surface area contributed by atoms with Gasteiger partial charge in [0.25, 0.3) is 5.91 Å². The number of benzene rings is 1. The predicted molar refractivity (Wildman–Crippen MR) is 99.1 cm³/mol. The van der Waals surface area contributed by atoms with Crippen LogP contribution in [0.2, 0.25) is 0 Å². The van der Waals surface area contributed by atoms with Crippen molar-refractivity contribution >= 4 is 28.9 Å². The molecule has 134 valence electrons. The van der Waals surface area contributed by atoms with Gasteiger partial charge in [0.1, 0.15) is 0 Å². The number of carbonyl (C=O) groups is 1. The first-order chi connectivity index (χ1) is 12.0. The van der Waals surface area contributed by atoms with Gasteiger partial charge in [0.05, 0.1) is 31.3 Å². The molecule has 0 unspecified atom stereocenters. The fourth-order valence-corrected chi connectivity index (χ4v) is 3.89. The van der Waals surface area contributed by atoms with E-state index in [0.29, 0.717) is 16.4 Å². The average molecular weight is 362 g/mol. The van der Waals surface area contributed by atoms with E-state index in [9.17, 15) is 4.79 Å². The Morgan fingerprint density at radius 2 is 1.88 bits per heavy atom. The van der Waals surface area contributed by atoms with Crippen molar-refractivity contribution in [2.24, 2.45) is 4.99 Å². The average Bonchev–Trinajstić information content (AvgIpc) is 2.94. The second-order valence-corrected chi connectivity index (χ2v) is 7.10. The molecule has 3 rings (SSSR count). The van der Waals surface area contributed by atoms with Crippen LogP contribution >= 0.6 is 11.8 Å². The first-order valence-electron chi connectivity index (χ1n) is 8.15. The minimum atomic E-state index is -0.207. The number of methoxy groups -OCH3 is 2. The van der Waals surface area contributed by atoms with E-state index in [1.165, 1.54) is 11.8 Å². The van der Waals surface area contributed by atoms with Crippen LogP contribution in [0.4, 0.5) is 0 Å². The van der Waals surface area contributed by atoms with Crippen LogP contribution < -0.4 is 9.47 Å². The van der Waals surface area contributed by atoms with Gasteiger partial charge >= 0.3 is 0 Å². The lowest BCUT2D eigenvalue weighted by Gasteiger charge is -2.35. The number of rotatable bonds is 3. The van der Waals surface area contributed by atoms with Crippen molar-refractivity contribution in [3.05, 3.63) is 28.7 Å². The zero-order chi connectivity index (χ0) is 18.0. The number of nitrogens with zero attached hydrogens (tertiary/aromatic N) is 2. The highest BCUT2D eigenvalue weighted by atomic mass is 32.2. The Bertz CT molecular complexity index is 722. The topological polar surface area (TPSA) is 60.4 Å². The highest BCUT2D eigenvalue weighted by Crippen LogP contribution is 2.33. The second-order valence-electron chi connectivity index (χ2n) is 6.09. The van der Waals surface area contributed by atoms with Gasteiger partial charge in [0.15, 0.2) is 16.7 Å². The first-order valence-corrected chi connectivity index (χ1v) is 8.96. The fraction of sp³-hybridized carbons (Fsp3) is 0.444. The van der Waals surface area contributed by atoms with Crippen molar-refractivity contribution in [2.75, 3.05) is 27.3 Å². The highest BCUT2D eigenvalue weighted by molar-refractivity contribution is 8.18. The van der Waals surface area contributed by atoms with Gasteiger partial charge < -0.3 is 19.1 Å². The number of aliphatic imine (C=N–C) groups is 1. The lowest BCUT2D eigenvalue weighted by Crippen LogP contribution is -2.47. The van der Waals surface area contributed by atoms with E-state index in [4.69, 9.17) is 14.2 Å². The molecule has 2 atom stereocenters. The molecule has 0 radical (unpaired) electrons. The van der Waals surface area contributed by atoms with Gasteiger partial charge in [-0.2, -0.15) is 4.99 Å². The van der Waals surface area contributed by atoms with Gasteiger partial charge in [-0.3, -0.25) is 4.79 Å². The summed E-state index contributed by atoms with van der Waals surface area (Å²) in [7, 11) is 3.18. The lowest BCUT2D eigenvalue weighted by atomic mass is 10.2. The van der Waals surface area contributed by atoms with Gasteiger partial charge in [-0.1, -0.05) is 6.07 Å². The van der Waals surface area contributed by atoms with Gasteiger partial charge in [0.2, 0.25) is 0 Å². The number of thioether (sulfide) groups is 1. The first kappa shape index (κ1) is 17.8. The number of hydrogen-bond acceptors (Lipinski definition) is 6. The number of hydrogen-bond donors (Lipinski definition) is 0. The maximum Gasteiger partial charge on any atom is 0.286 e. The molecule has 0 saturated carbocycles. The molecule has 0 aliphatic carbocycles. The predicted octanol–water partition coefficient (Wildman–Crippen LogP) is 2.78.